The first-order valence-electron chi connectivity index (χ1n) is 7.04. The van der Waals surface area contributed by atoms with Gasteiger partial charge >= 0.3 is 5.97 Å². The van der Waals surface area contributed by atoms with Gasteiger partial charge in [-0.3, -0.25) is 0 Å². The number of aliphatic imine (C=N–C) groups is 1. The van der Waals surface area contributed by atoms with Crippen LogP contribution in [-0.2, 0) is 16.0 Å². The highest BCUT2D eigenvalue weighted by molar-refractivity contribution is 9.10. The standard InChI is InChI=1S/C18H14BrNO3/c1-22-14-8-6-12(7-9-14)10-17-20-16(18(21)23-17)11-13-4-2-3-5-15(13)19/h2-9,11H,10H2,1H3/b16-11-. The van der Waals surface area contributed by atoms with Crippen LogP contribution in [0.5, 0.6) is 5.75 Å². The summed E-state index contributed by atoms with van der Waals surface area (Å²) >= 11 is 3.45. The zero-order chi connectivity index (χ0) is 16.2. The van der Waals surface area contributed by atoms with E-state index in [0.29, 0.717) is 18.0 Å². The van der Waals surface area contributed by atoms with Crippen LogP contribution in [0, 0.1) is 0 Å². The monoisotopic (exact) mass is 371 g/mol. The Labute approximate surface area is 142 Å². The minimum atomic E-state index is -0.427. The summed E-state index contributed by atoms with van der Waals surface area (Å²) in [5.74, 6) is 0.761. The van der Waals surface area contributed by atoms with Crippen molar-refractivity contribution in [2.75, 3.05) is 7.11 Å². The molecule has 1 aliphatic heterocycles. The van der Waals surface area contributed by atoms with Crippen molar-refractivity contribution in [2.24, 2.45) is 4.99 Å². The fourth-order valence-corrected chi connectivity index (χ4v) is 2.59. The number of rotatable bonds is 4. The molecule has 0 N–H and O–H groups in total. The van der Waals surface area contributed by atoms with E-state index in [1.165, 1.54) is 0 Å². The molecule has 0 bridgehead atoms. The molecule has 3 rings (SSSR count). The van der Waals surface area contributed by atoms with E-state index in [-0.39, 0.29) is 0 Å². The third-order valence-corrected chi connectivity index (χ3v) is 4.10. The Morgan fingerprint density at radius 2 is 1.91 bits per heavy atom. The average molecular weight is 372 g/mol. The second-order valence-corrected chi connectivity index (χ2v) is 5.83. The normalized spacial score (nSPS) is 15.5. The largest absolute Gasteiger partial charge is 0.497 e. The van der Waals surface area contributed by atoms with Crippen LogP contribution in [0.15, 0.2) is 63.7 Å². The number of esters is 1. The van der Waals surface area contributed by atoms with E-state index in [4.69, 9.17) is 9.47 Å². The van der Waals surface area contributed by atoms with Gasteiger partial charge in [0.15, 0.2) is 5.70 Å². The number of carbonyl (C=O) groups is 1. The molecule has 0 saturated carbocycles. The number of cyclic esters (lactones) is 1. The van der Waals surface area contributed by atoms with Gasteiger partial charge in [-0.15, -0.1) is 0 Å². The highest BCUT2D eigenvalue weighted by atomic mass is 79.9. The molecule has 0 saturated heterocycles. The zero-order valence-electron chi connectivity index (χ0n) is 12.5. The lowest BCUT2D eigenvalue weighted by Gasteiger charge is -2.02. The predicted octanol–water partition coefficient (Wildman–Crippen LogP) is 4.00. The Balaban J connectivity index is 1.79. The van der Waals surface area contributed by atoms with Crippen LogP contribution in [0.25, 0.3) is 6.08 Å². The first-order valence-corrected chi connectivity index (χ1v) is 7.84. The summed E-state index contributed by atoms with van der Waals surface area (Å²) in [6.07, 6.45) is 2.18. The van der Waals surface area contributed by atoms with Gasteiger partial charge in [-0.05, 0) is 35.4 Å². The molecular formula is C18H14BrNO3. The van der Waals surface area contributed by atoms with Gasteiger partial charge in [0.05, 0.1) is 7.11 Å². The maximum absolute atomic E-state index is 12.0. The zero-order valence-corrected chi connectivity index (χ0v) is 14.0. The van der Waals surface area contributed by atoms with Crippen molar-refractivity contribution in [1.29, 1.82) is 0 Å². The first-order chi connectivity index (χ1) is 11.2. The van der Waals surface area contributed by atoms with Crippen molar-refractivity contribution in [3.05, 3.63) is 69.8 Å². The fraction of sp³-hybridized carbons (Fsp3) is 0.111. The van der Waals surface area contributed by atoms with E-state index < -0.39 is 5.97 Å². The maximum Gasteiger partial charge on any atom is 0.363 e. The molecule has 0 radical (unpaired) electrons. The van der Waals surface area contributed by atoms with Crippen LogP contribution in [0.1, 0.15) is 11.1 Å². The number of methoxy groups -OCH3 is 1. The Morgan fingerprint density at radius 3 is 2.61 bits per heavy atom. The number of hydrogen-bond donors (Lipinski definition) is 0. The summed E-state index contributed by atoms with van der Waals surface area (Å²) in [6.45, 7) is 0. The van der Waals surface area contributed by atoms with Gasteiger partial charge in [0.2, 0.25) is 5.90 Å². The second-order valence-electron chi connectivity index (χ2n) is 4.97. The summed E-state index contributed by atoms with van der Waals surface area (Å²) in [5, 5.41) is 0. The smallest absolute Gasteiger partial charge is 0.363 e. The van der Waals surface area contributed by atoms with Gasteiger partial charge in [0.1, 0.15) is 5.75 Å². The molecule has 0 amide bonds. The van der Waals surface area contributed by atoms with Crippen molar-refractivity contribution in [3.63, 3.8) is 0 Å². The van der Waals surface area contributed by atoms with Crippen LogP contribution in [0.2, 0.25) is 0 Å². The van der Waals surface area contributed by atoms with Crippen molar-refractivity contribution in [2.45, 2.75) is 6.42 Å². The molecule has 5 heteroatoms. The molecule has 4 nitrogen and oxygen atoms in total. The first kappa shape index (κ1) is 15.5. The molecule has 0 aliphatic carbocycles. The highest BCUT2D eigenvalue weighted by Gasteiger charge is 2.23. The maximum atomic E-state index is 12.0. The van der Waals surface area contributed by atoms with Crippen LogP contribution >= 0.6 is 15.9 Å². The Hall–Kier alpha value is -2.40. The van der Waals surface area contributed by atoms with Crippen LogP contribution < -0.4 is 4.74 Å². The van der Waals surface area contributed by atoms with Crippen molar-refractivity contribution < 1.29 is 14.3 Å². The number of nitrogens with zero attached hydrogens (tertiary/aromatic N) is 1. The van der Waals surface area contributed by atoms with E-state index in [1.807, 2.05) is 48.5 Å². The summed E-state index contributed by atoms with van der Waals surface area (Å²) < 4.78 is 11.3. The number of ether oxygens (including phenoxy) is 2. The third-order valence-electron chi connectivity index (χ3n) is 3.38. The van der Waals surface area contributed by atoms with Crippen molar-refractivity contribution in [3.8, 4) is 5.75 Å². The number of halogens is 1. The molecule has 1 heterocycles. The Bertz CT molecular complexity index is 794. The Morgan fingerprint density at radius 1 is 1.17 bits per heavy atom. The van der Waals surface area contributed by atoms with Crippen molar-refractivity contribution >= 4 is 33.9 Å². The van der Waals surface area contributed by atoms with Gasteiger partial charge in [-0.2, -0.15) is 0 Å². The van der Waals surface area contributed by atoms with Crippen LogP contribution in [-0.4, -0.2) is 19.0 Å². The Kier molecular flexibility index (Phi) is 4.57. The van der Waals surface area contributed by atoms with Gasteiger partial charge in [-0.1, -0.05) is 46.3 Å². The van der Waals surface area contributed by atoms with Crippen LogP contribution in [0.4, 0.5) is 0 Å². The molecule has 23 heavy (non-hydrogen) atoms. The molecule has 0 atom stereocenters. The van der Waals surface area contributed by atoms with Crippen LogP contribution in [0.3, 0.4) is 0 Å². The van der Waals surface area contributed by atoms with Crippen molar-refractivity contribution in [1.82, 2.24) is 0 Å². The summed E-state index contributed by atoms with van der Waals surface area (Å²) in [7, 11) is 1.62. The van der Waals surface area contributed by atoms with Gasteiger partial charge in [-0.25, -0.2) is 9.79 Å². The number of carbonyl (C=O) groups excluding carboxylic acids is 1. The fourth-order valence-electron chi connectivity index (χ4n) is 2.19. The SMILES string of the molecule is COc1ccc(CC2=N/C(=C\c3ccccc3Br)C(=O)O2)cc1. The second kappa shape index (κ2) is 6.79. The number of hydrogen-bond acceptors (Lipinski definition) is 4. The van der Waals surface area contributed by atoms with E-state index in [0.717, 1.165) is 21.3 Å². The molecule has 2 aromatic rings. The average Bonchev–Trinajstić information content (AvgIpc) is 2.90. The highest BCUT2D eigenvalue weighted by Crippen LogP contribution is 2.23. The topological polar surface area (TPSA) is 47.9 Å². The molecule has 0 fully saturated rings. The molecule has 116 valence electrons. The number of benzene rings is 2. The summed E-state index contributed by atoms with van der Waals surface area (Å²) in [6, 6.07) is 15.2. The molecular weight excluding hydrogens is 358 g/mol. The molecule has 1 aliphatic rings. The van der Waals surface area contributed by atoms with E-state index in [1.54, 1.807) is 13.2 Å². The lowest BCUT2D eigenvalue weighted by atomic mass is 10.1. The minimum Gasteiger partial charge on any atom is -0.497 e. The molecule has 0 spiro atoms. The molecule has 2 aromatic carbocycles. The minimum absolute atomic E-state index is 0.306. The van der Waals surface area contributed by atoms with Gasteiger partial charge < -0.3 is 9.47 Å². The van der Waals surface area contributed by atoms with E-state index in [2.05, 4.69) is 20.9 Å². The summed E-state index contributed by atoms with van der Waals surface area (Å²) in [5.41, 5.74) is 2.19. The lowest BCUT2D eigenvalue weighted by molar-refractivity contribution is -0.130. The van der Waals surface area contributed by atoms with E-state index >= 15 is 0 Å². The quantitative estimate of drug-likeness (QED) is 0.602. The van der Waals surface area contributed by atoms with Gasteiger partial charge in [0, 0.05) is 10.9 Å². The van der Waals surface area contributed by atoms with E-state index in [9.17, 15) is 4.79 Å². The lowest BCUT2D eigenvalue weighted by Crippen LogP contribution is -2.06. The summed E-state index contributed by atoms with van der Waals surface area (Å²) in [4.78, 5) is 16.2. The van der Waals surface area contributed by atoms with Gasteiger partial charge in [0.25, 0.3) is 0 Å². The predicted molar refractivity (Wildman–Crippen MR) is 92.3 cm³/mol. The molecule has 0 unspecified atom stereocenters. The third kappa shape index (κ3) is 3.68. The molecule has 0 aromatic heterocycles.